The molecule has 1 heterocycles. The molecule has 1 N–H and O–H groups in total. The van der Waals surface area contributed by atoms with E-state index >= 15 is 0 Å². The summed E-state index contributed by atoms with van der Waals surface area (Å²) in [5.41, 5.74) is 2.46. The van der Waals surface area contributed by atoms with Gasteiger partial charge in [-0.25, -0.2) is 8.42 Å². The molecular weight excluding hydrogens is 272 g/mol. The van der Waals surface area contributed by atoms with E-state index in [4.69, 9.17) is 0 Å². The van der Waals surface area contributed by atoms with E-state index in [-0.39, 0.29) is 11.5 Å². The molecule has 1 aliphatic heterocycles. The Morgan fingerprint density at radius 3 is 2.75 bits per heavy atom. The van der Waals surface area contributed by atoms with Gasteiger partial charge in [0.15, 0.2) is 9.84 Å². The highest BCUT2D eigenvalue weighted by molar-refractivity contribution is 7.91. The molecule has 0 spiro atoms. The van der Waals surface area contributed by atoms with Gasteiger partial charge in [-0.15, -0.1) is 0 Å². The second-order valence-corrected chi connectivity index (χ2v) is 7.65. The van der Waals surface area contributed by atoms with E-state index in [0.29, 0.717) is 12.6 Å². The van der Waals surface area contributed by atoms with Gasteiger partial charge in [0, 0.05) is 30.6 Å². The SMILES string of the molecule is CCNC1CCN(CCS(=O)(=O)CC)c2ccccc21. The highest BCUT2D eigenvalue weighted by Crippen LogP contribution is 2.33. The van der Waals surface area contributed by atoms with E-state index in [9.17, 15) is 8.42 Å². The molecule has 0 amide bonds. The summed E-state index contributed by atoms with van der Waals surface area (Å²) >= 11 is 0. The summed E-state index contributed by atoms with van der Waals surface area (Å²) < 4.78 is 23.4. The standard InChI is InChI=1S/C15H24N2O2S/c1-3-16-14-9-10-17(11-12-20(18,19)4-2)15-8-6-5-7-13(14)15/h5-8,14,16H,3-4,9-12H2,1-2H3. The minimum absolute atomic E-state index is 0.225. The molecule has 112 valence electrons. The van der Waals surface area contributed by atoms with E-state index < -0.39 is 9.84 Å². The zero-order chi connectivity index (χ0) is 14.6. The number of nitrogens with one attached hydrogen (secondary N) is 1. The number of benzene rings is 1. The van der Waals surface area contributed by atoms with Gasteiger partial charge in [-0.05, 0) is 24.6 Å². The Labute approximate surface area is 122 Å². The molecule has 0 saturated carbocycles. The number of rotatable bonds is 6. The fourth-order valence-corrected chi connectivity index (χ4v) is 3.50. The van der Waals surface area contributed by atoms with Crippen LogP contribution >= 0.6 is 0 Å². The van der Waals surface area contributed by atoms with Gasteiger partial charge >= 0.3 is 0 Å². The van der Waals surface area contributed by atoms with Gasteiger partial charge in [-0.1, -0.05) is 32.0 Å². The number of nitrogens with zero attached hydrogens (tertiary/aromatic N) is 1. The molecule has 0 aliphatic carbocycles. The van der Waals surface area contributed by atoms with Crippen LogP contribution in [0.5, 0.6) is 0 Å². The number of hydrogen-bond acceptors (Lipinski definition) is 4. The van der Waals surface area contributed by atoms with Crippen LogP contribution in [0.3, 0.4) is 0 Å². The molecule has 1 unspecified atom stereocenters. The molecule has 0 radical (unpaired) electrons. The highest BCUT2D eigenvalue weighted by Gasteiger charge is 2.24. The van der Waals surface area contributed by atoms with Crippen LogP contribution in [0.25, 0.3) is 0 Å². The van der Waals surface area contributed by atoms with Gasteiger partial charge in [0.1, 0.15) is 0 Å². The molecular formula is C15H24N2O2S. The summed E-state index contributed by atoms with van der Waals surface area (Å²) in [5.74, 6) is 0.464. The number of hydrogen-bond donors (Lipinski definition) is 1. The Hall–Kier alpha value is -1.07. The zero-order valence-electron chi connectivity index (χ0n) is 12.3. The predicted octanol–water partition coefficient (Wildman–Crippen LogP) is 1.98. The number of para-hydroxylation sites is 1. The average Bonchev–Trinajstić information content (AvgIpc) is 2.47. The van der Waals surface area contributed by atoms with Crippen LogP contribution in [-0.4, -0.2) is 39.6 Å². The van der Waals surface area contributed by atoms with Crippen molar-refractivity contribution in [3.05, 3.63) is 29.8 Å². The molecule has 0 saturated heterocycles. The lowest BCUT2D eigenvalue weighted by atomic mass is 9.96. The van der Waals surface area contributed by atoms with Crippen LogP contribution in [0.1, 0.15) is 31.9 Å². The van der Waals surface area contributed by atoms with Gasteiger partial charge < -0.3 is 10.2 Å². The van der Waals surface area contributed by atoms with Crippen molar-refractivity contribution in [3.8, 4) is 0 Å². The second kappa shape index (κ2) is 6.59. The van der Waals surface area contributed by atoms with Crippen LogP contribution in [0.15, 0.2) is 24.3 Å². The predicted molar refractivity (Wildman–Crippen MR) is 84.0 cm³/mol. The Bertz CT molecular complexity index is 543. The molecule has 20 heavy (non-hydrogen) atoms. The van der Waals surface area contributed by atoms with Crippen molar-refractivity contribution in [2.45, 2.75) is 26.3 Å². The lowest BCUT2D eigenvalue weighted by Crippen LogP contribution is -2.38. The summed E-state index contributed by atoms with van der Waals surface area (Å²) in [7, 11) is -2.90. The Morgan fingerprint density at radius 1 is 1.30 bits per heavy atom. The summed E-state index contributed by atoms with van der Waals surface area (Å²) in [6.45, 7) is 6.27. The fraction of sp³-hybridized carbons (Fsp3) is 0.600. The maximum absolute atomic E-state index is 11.7. The van der Waals surface area contributed by atoms with E-state index in [1.54, 1.807) is 6.92 Å². The molecule has 0 aromatic heterocycles. The highest BCUT2D eigenvalue weighted by atomic mass is 32.2. The van der Waals surface area contributed by atoms with Crippen molar-refractivity contribution in [1.82, 2.24) is 5.32 Å². The maximum Gasteiger partial charge on any atom is 0.151 e. The Balaban J connectivity index is 2.15. The molecule has 1 aromatic carbocycles. The van der Waals surface area contributed by atoms with Gasteiger partial charge in [-0.2, -0.15) is 0 Å². The lowest BCUT2D eigenvalue weighted by Gasteiger charge is -2.36. The number of fused-ring (bicyclic) bond motifs is 1. The van der Waals surface area contributed by atoms with Crippen molar-refractivity contribution in [3.63, 3.8) is 0 Å². The molecule has 5 heteroatoms. The summed E-state index contributed by atoms with van der Waals surface area (Å²) in [6, 6.07) is 8.69. The first-order chi connectivity index (χ1) is 9.57. The monoisotopic (exact) mass is 296 g/mol. The fourth-order valence-electron chi connectivity index (χ4n) is 2.72. The first kappa shape index (κ1) is 15.3. The summed E-state index contributed by atoms with van der Waals surface area (Å²) in [4.78, 5) is 2.20. The van der Waals surface area contributed by atoms with Gasteiger partial charge in [0.05, 0.1) is 5.75 Å². The first-order valence-corrected chi connectivity index (χ1v) is 9.17. The third kappa shape index (κ3) is 3.52. The quantitative estimate of drug-likeness (QED) is 0.872. The van der Waals surface area contributed by atoms with E-state index in [1.807, 2.05) is 6.07 Å². The Kier molecular flexibility index (Phi) is 5.05. The minimum Gasteiger partial charge on any atom is -0.370 e. The summed E-state index contributed by atoms with van der Waals surface area (Å²) in [6.07, 6.45) is 1.02. The van der Waals surface area contributed by atoms with Crippen molar-refractivity contribution in [1.29, 1.82) is 0 Å². The van der Waals surface area contributed by atoms with Crippen molar-refractivity contribution >= 4 is 15.5 Å². The van der Waals surface area contributed by atoms with Crippen LogP contribution < -0.4 is 10.2 Å². The lowest BCUT2D eigenvalue weighted by molar-refractivity contribution is 0.492. The molecule has 4 nitrogen and oxygen atoms in total. The second-order valence-electron chi connectivity index (χ2n) is 5.18. The van der Waals surface area contributed by atoms with Crippen molar-refractivity contribution in [2.24, 2.45) is 0 Å². The molecule has 1 aromatic rings. The zero-order valence-corrected chi connectivity index (χ0v) is 13.1. The van der Waals surface area contributed by atoms with E-state index in [1.165, 1.54) is 11.3 Å². The molecule has 1 atom stereocenters. The van der Waals surface area contributed by atoms with Gasteiger partial charge in [0.2, 0.25) is 0 Å². The molecule has 0 bridgehead atoms. The largest absolute Gasteiger partial charge is 0.370 e. The van der Waals surface area contributed by atoms with E-state index in [0.717, 1.165) is 19.5 Å². The average molecular weight is 296 g/mol. The first-order valence-electron chi connectivity index (χ1n) is 7.35. The van der Waals surface area contributed by atoms with E-state index in [2.05, 4.69) is 35.3 Å². The number of sulfone groups is 1. The van der Waals surface area contributed by atoms with Crippen LogP contribution in [-0.2, 0) is 9.84 Å². The molecule has 1 aliphatic rings. The van der Waals surface area contributed by atoms with Crippen molar-refractivity contribution < 1.29 is 8.42 Å². The minimum atomic E-state index is -2.90. The third-order valence-corrected chi connectivity index (χ3v) is 5.59. The molecule has 2 rings (SSSR count). The smallest absolute Gasteiger partial charge is 0.151 e. The normalized spacial score (nSPS) is 18.9. The third-order valence-electron chi connectivity index (χ3n) is 3.90. The topological polar surface area (TPSA) is 49.4 Å². The van der Waals surface area contributed by atoms with Gasteiger partial charge in [0.25, 0.3) is 0 Å². The number of anilines is 1. The Morgan fingerprint density at radius 2 is 2.05 bits per heavy atom. The van der Waals surface area contributed by atoms with Gasteiger partial charge in [-0.3, -0.25) is 0 Å². The van der Waals surface area contributed by atoms with Crippen LogP contribution in [0.4, 0.5) is 5.69 Å². The maximum atomic E-state index is 11.7. The van der Waals surface area contributed by atoms with Crippen molar-refractivity contribution in [2.75, 3.05) is 36.0 Å². The molecule has 0 fully saturated rings. The van der Waals surface area contributed by atoms with Crippen LogP contribution in [0, 0.1) is 0 Å². The van der Waals surface area contributed by atoms with Crippen LogP contribution in [0.2, 0.25) is 0 Å². The summed E-state index contributed by atoms with van der Waals surface area (Å²) in [5, 5.41) is 3.50.